The van der Waals surface area contributed by atoms with Gasteiger partial charge in [-0.25, -0.2) is 0 Å². The first-order valence-electron chi connectivity index (χ1n) is 4.09. The third-order valence-electron chi connectivity index (χ3n) is 1.76. The zero-order valence-electron chi connectivity index (χ0n) is 7.42. The highest BCUT2D eigenvalue weighted by Crippen LogP contribution is 2.06. The van der Waals surface area contributed by atoms with E-state index in [2.05, 4.69) is 5.32 Å². The Morgan fingerprint density at radius 2 is 1.83 bits per heavy atom. The summed E-state index contributed by atoms with van der Waals surface area (Å²) in [6.07, 6.45) is 1.46. The number of carboxylic acid groups (broad SMARTS) is 1. The maximum Gasteiger partial charge on any atom is 0.223 e. The number of carbonyl (C=O) groups is 2. The summed E-state index contributed by atoms with van der Waals surface area (Å²) in [5.74, 6) is -1.54. The second kappa shape index (κ2) is 5.57. The van der Waals surface area contributed by atoms with Crippen molar-refractivity contribution in [3.63, 3.8) is 0 Å². The Labute approximate surface area is 72.0 Å². The maximum atomic E-state index is 11.1. The molecule has 1 N–H and O–H groups in total. The van der Waals surface area contributed by atoms with E-state index in [1.807, 2.05) is 13.8 Å². The summed E-state index contributed by atoms with van der Waals surface area (Å²) in [6.45, 7) is 3.40. The fraction of sp³-hybridized carbons (Fsp3) is 0.750. The molecule has 4 heteroatoms. The van der Waals surface area contributed by atoms with Crippen molar-refractivity contribution in [2.45, 2.75) is 26.7 Å². The van der Waals surface area contributed by atoms with Gasteiger partial charge in [0.15, 0.2) is 0 Å². The van der Waals surface area contributed by atoms with Crippen molar-refractivity contribution < 1.29 is 14.7 Å². The molecule has 4 nitrogen and oxygen atoms in total. The van der Waals surface area contributed by atoms with Gasteiger partial charge in [0, 0.05) is 5.92 Å². The smallest absolute Gasteiger partial charge is 0.223 e. The van der Waals surface area contributed by atoms with Crippen LogP contribution in [0.15, 0.2) is 0 Å². The SMILES string of the molecule is CCC(CC)C(=O)NCC(=O)[O-]. The Kier molecular flexibility index (Phi) is 5.08. The van der Waals surface area contributed by atoms with Crippen LogP contribution in [-0.4, -0.2) is 18.4 Å². The van der Waals surface area contributed by atoms with Gasteiger partial charge in [-0.05, 0) is 12.8 Å². The molecule has 0 unspecified atom stereocenters. The molecular formula is C8H14NO3-. The van der Waals surface area contributed by atoms with E-state index >= 15 is 0 Å². The average Bonchev–Trinajstić information content (AvgIpc) is 2.03. The number of nitrogens with one attached hydrogen (secondary N) is 1. The number of carbonyl (C=O) groups excluding carboxylic acids is 2. The second-order valence-electron chi connectivity index (χ2n) is 2.60. The van der Waals surface area contributed by atoms with Crippen molar-refractivity contribution >= 4 is 11.9 Å². The molecule has 70 valence electrons. The number of aliphatic carboxylic acids is 1. The summed E-state index contributed by atoms with van der Waals surface area (Å²) in [5, 5.41) is 12.3. The van der Waals surface area contributed by atoms with Crippen molar-refractivity contribution in [1.82, 2.24) is 5.32 Å². The summed E-state index contributed by atoms with van der Waals surface area (Å²) in [6, 6.07) is 0. The predicted molar refractivity (Wildman–Crippen MR) is 42.1 cm³/mol. The topological polar surface area (TPSA) is 69.2 Å². The van der Waals surface area contributed by atoms with E-state index in [9.17, 15) is 14.7 Å². The molecule has 0 aliphatic rings. The zero-order valence-corrected chi connectivity index (χ0v) is 7.42. The van der Waals surface area contributed by atoms with Crippen LogP contribution in [0.25, 0.3) is 0 Å². The van der Waals surface area contributed by atoms with Gasteiger partial charge in [-0.2, -0.15) is 0 Å². The molecule has 0 aromatic carbocycles. The molecule has 0 aliphatic carbocycles. The van der Waals surface area contributed by atoms with Gasteiger partial charge in [0.25, 0.3) is 0 Å². The highest BCUT2D eigenvalue weighted by molar-refractivity contribution is 5.82. The molecule has 0 radical (unpaired) electrons. The monoisotopic (exact) mass is 172 g/mol. The Bertz CT molecular complexity index is 164. The van der Waals surface area contributed by atoms with Gasteiger partial charge in [0.2, 0.25) is 5.91 Å². The van der Waals surface area contributed by atoms with E-state index in [0.717, 1.165) is 12.8 Å². The average molecular weight is 172 g/mol. The first-order valence-corrected chi connectivity index (χ1v) is 4.09. The Balaban J connectivity index is 3.77. The minimum Gasteiger partial charge on any atom is -0.548 e. The molecule has 0 aromatic heterocycles. The molecule has 0 atom stereocenters. The molecule has 0 saturated heterocycles. The van der Waals surface area contributed by atoms with Crippen LogP contribution in [0.3, 0.4) is 0 Å². The van der Waals surface area contributed by atoms with Crippen LogP contribution < -0.4 is 10.4 Å². The lowest BCUT2D eigenvalue weighted by molar-refractivity contribution is -0.304. The van der Waals surface area contributed by atoms with Crippen molar-refractivity contribution in [3.8, 4) is 0 Å². The largest absolute Gasteiger partial charge is 0.548 e. The number of carboxylic acids is 1. The van der Waals surface area contributed by atoms with Gasteiger partial charge in [0.05, 0.1) is 12.5 Å². The van der Waals surface area contributed by atoms with Crippen LogP contribution in [-0.2, 0) is 9.59 Å². The van der Waals surface area contributed by atoms with Gasteiger partial charge in [0.1, 0.15) is 0 Å². The highest BCUT2D eigenvalue weighted by Gasteiger charge is 2.12. The van der Waals surface area contributed by atoms with Crippen LogP contribution >= 0.6 is 0 Å². The molecule has 0 fully saturated rings. The first-order chi connectivity index (χ1) is 5.61. The summed E-state index contributed by atoms with van der Waals surface area (Å²) in [5.41, 5.74) is 0. The van der Waals surface area contributed by atoms with Crippen LogP contribution in [0.1, 0.15) is 26.7 Å². The van der Waals surface area contributed by atoms with E-state index in [4.69, 9.17) is 0 Å². The van der Waals surface area contributed by atoms with Gasteiger partial charge in [-0.15, -0.1) is 0 Å². The van der Waals surface area contributed by atoms with E-state index in [1.165, 1.54) is 0 Å². The Hall–Kier alpha value is -1.06. The molecule has 0 spiro atoms. The number of amides is 1. The summed E-state index contributed by atoms with van der Waals surface area (Å²) < 4.78 is 0. The van der Waals surface area contributed by atoms with Gasteiger partial charge in [-0.3, -0.25) is 4.79 Å². The van der Waals surface area contributed by atoms with E-state index in [1.54, 1.807) is 0 Å². The molecule has 0 rings (SSSR count). The Morgan fingerprint density at radius 1 is 1.33 bits per heavy atom. The normalized spacial score (nSPS) is 9.92. The van der Waals surface area contributed by atoms with Crippen molar-refractivity contribution in [3.05, 3.63) is 0 Å². The second-order valence-corrected chi connectivity index (χ2v) is 2.60. The molecule has 0 heterocycles. The van der Waals surface area contributed by atoms with Gasteiger partial charge < -0.3 is 15.2 Å². The van der Waals surface area contributed by atoms with Crippen LogP contribution in [0.4, 0.5) is 0 Å². The number of rotatable bonds is 5. The molecule has 1 amide bonds. The lowest BCUT2D eigenvalue weighted by atomic mass is 10.0. The molecule has 0 bridgehead atoms. The lowest BCUT2D eigenvalue weighted by Crippen LogP contribution is -2.40. The van der Waals surface area contributed by atoms with Gasteiger partial charge >= 0.3 is 0 Å². The summed E-state index contributed by atoms with van der Waals surface area (Å²) in [4.78, 5) is 21.1. The molecule has 0 aliphatic heterocycles. The molecule has 12 heavy (non-hydrogen) atoms. The number of hydrogen-bond acceptors (Lipinski definition) is 3. The van der Waals surface area contributed by atoms with Crippen LogP contribution in [0.5, 0.6) is 0 Å². The minimum atomic E-state index is -1.26. The van der Waals surface area contributed by atoms with Crippen LogP contribution in [0, 0.1) is 5.92 Å². The Morgan fingerprint density at radius 3 is 2.17 bits per heavy atom. The fourth-order valence-electron chi connectivity index (χ4n) is 0.963. The molecular weight excluding hydrogens is 158 g/mol. The standard InChI is InChI=1S/C8H15NO3/c1-3-6(4-2)8(12)9-5-7(10)11/h6H,3-5H2,1-2H3,(H,9,12)(H,10,11)/p-1. The highest BCUT2D eigenvalue weighted by atomic mass is 16.4. The van der Waals surface area contributed by atoms with Crippen LogP contribution in [0.2, 0.25) is 0 Å². The molecule has 0 saturated carbocycles. The third kappa shape index (κ3) is 3.95. The zero-order chi connectivity index (χ0) is 9.56. The summed E-state index contributed by atoms with van der Waals surface area (Å²) in [7, 11) is 0. The van der Waals surface area contributed by atoms with E-state index < -0.39 is 12.5 Å². The fourth-order valence-corrected chi connectivity index (χ4v) is 0.963. The van der Waals surface area contributed by atoms with Crippen molar-refractivity contribution in [2.75, 3.05) is 6.54 Å². The van der Waals surface area contributed by atoms with E-state index in [-0.39, 0.29) is 11.8 Å². The van der Waals surface area contributed by atoms with Crippen molar-refractivity contribution in [2.24, 2.45) is 5.92 Å². The lowest BCUT2D eigenvalue weighted by Gasteiger charge is -2.12. The third-order valence-corrected chi connectivity index (χ3v) is 1.76. The van der Waals surface area contributed by atoms with Gasteiger partial charge in [-0.1, -0.05) is 13.8 Å². The van der Waals surface area contributed by atoms with Crippen molar-refractivity contribution in [1.29, 1.82) is 0 Å². The van der Waals surface area contributed by atoms with E-state index in [0.29, 0.717) is 0 Å². The summed E-state index contributed by atoms with van der Waals surface area (Å²) >= 11 is 0. The number of hydrogen-bond donors (Lipinski definition) is 1. The molecule has 0 aromatic rings. The quantitative estimate of drug-likeness (QED) is 0.595. The minimum absolute atomic E-state index is 0.0793. The maximum absolute atomic E-state index is 11.1. The predicted octanol–water partition coefficient (Wildman–Crippen LogP) is -0.711. The first kappa shape index (κ1) is 10.9.